The van der Waals surface area contributed by atoms with Crippen LogP contribution in [0.2, 0.25) is 0 Å². The lowest BCUT2D eigenvalue weighted by Gasteiger charge is -2.25. The Bertz CT molecular complexity index is 1180. The summed E-state index contributed by atoms with van der Waals surface area (Å²) >= 11 is 2.15. The molecule has 0 aliphatic carbocycles. The summed E-state index contributed by atoms with van der Waals surface area (Å²) in [6.45, 7) is 1.94. The molecule has 8 heteroatoms. The fourth-order valence-electron chi connectivity index (χ4n) is 3.51. The SMILES string of the molecule is C[C@H](CC/C=C/C(=O)Nc1ccccc1N)[C@@H](OC(=O)Nc1ccccc1)c1cc(I)ccc1O. The third kappa shape index (κ3) is 8.03. The number of ether oxygens (including phenoxy) is 1. The molecule has 3 aromatic rings. The predicted octanol–water partition coefficient (Wildman–Crippen LogP) is 6.48. The number of halogens is 1. The number of benzene rings is 3. The number of nitrogens with two attached hydrogens (primary N) is 1. The highest BCUT2D eigenvalue weighted by molar-refractivity contribution is 14.1. The van der Waals surface area contributed by atoms with E-state index in [1.54, 1.807) is 60.7 Å². The number of carbonyl (C=O) groups is 2. The molecule has 0 aliphatic heterocycles. The highest BCUT2D eigenvalue weighted by Crippen LogP contribution is 2.36. The van der Waals surface area contributed by atoms with Gasteiger partial charge in [0.15, 0.2) is 0 Å². The first-order valence-electron chi connectivity index (χ1n) is 11.2. The van der Waals surface area contributed by atoms with Crippen molar-refractivity contribution in [2.45, 2.75) is 25.9 Å². The van der Waals surface area contributed by atoms with Crippen LogP contribution in [-0.4, -0.2) is 17.1 Å². The lowest BCUT2D eigenvalue weighted by molar-refractivity contribution is -0.111. The number of amides is 2. The minimum atomic E-state index is -0.681. The topological polar surface area (TPSA) is 114 Å². The highest BCUT2D eigenvalue weighted by Gasteiger charge is 2.26. The van der Waals surface area contributed by atoms with Gasteiger partial charge in [0.05, 0.1) is 11.4 Å². The van der Waals surface area contributed by atoms with Crippen LogP contribution in [0.5, 0.6) is 5.75 Å². The zero-order chi connectivity index (χ0) is 25.2. The second-order valence-corrected chi connectivity index (χ2v) is 9.30. The minimum Gasteiger partial charge on any atom is -0.508 e. The maximum atomic E-state index is 12.6. The highest BCUT2D eigenvalue weighted by atomic mass is 127. The maximum absolute atomic E-state index is 12.6. The van der Waals surface area contributed by atoms with E-state index in [9.17, 15) is 14.7 Å². The number of carbonyl (C=O) groups excluding carboxylic acids is 2. The molecule has 0 aliphatic rings. The number of hydrogen-bond donors (Lipinski definition) is 4. The number of hydrogen-bond acceptors (Lipinski definition) is 5. The van der Waals surface area contributed by atoms with E-state index in [0.29, 0.717) is 35.5 Å². The van der Waals surface area contributed by atoms with Gasteiger partial charge in [0, 0.05) is 14.8 Å². The van der Waals surface area contributed by atoms with Crippen molar-refractivity contribution in [2.75, 3.05) is 16.4 Å². The molecule has 182 valence electrons. The van der Waals surface area contributed by atoms with Crippen LogP contribution < -0.4 is 16.4 Å². The van der Waals surface area contributed by atoms with Crippen molar-refractivity contribution in [3.63, 3.8) is 0 Å². The fourth-order valence-corrected chi connectivity index (χ4v) is 4.02. The summed E-state index contributed by atoms with van der Waals surface area (Å²) in [6, 6.07) is 21.2. The molecule has 0 saturated heterocycles. The van der Waals surface area contributed by atoms with Gasteiger partial charge in [0.1, 0.15) is 11.9 Å². The second-order valence-electron chi connectivity index (χ2n) is 8.05. The summed E-state index contributed by atoms with van der Waals surface area (Å²) in [7, 11) is 0. The number of phenolic OH excluding ortho intramolecular Hbond substituents is 1. The standard InChI is InChI=1S/C27H28IN3O4/c1-18(9-5-8-14-25(33)31-23-13-7-6-12-22(23)29)26(21-17-19(28)15-16-24(21)32)35-27(34)30-20-10-3-2-4-11-20/h2-4,6-8,10-18,26,32H,5,9,29H2,1H3,(H,30,34)(H,31,33)/b14-8+/t18-,26-/m1/s1. The van der Waals surface area contributed by atoms with Gasteiger partial charge < -0.3 is 20.9 Å². The number of para-hydroxylation sites is 3. The monoisotopic (exact) mass is 585 g/mol. The molecule has 5 N–H and O–H groups in total. The average molecular weight is 585 g/mol. The molecule has 0 bridgehead atoms. The normalized spacial score (nSPS) is 12.6. The largest absolute Gasteiger partial charge is 0.508 e. The Balaban J connectivity index is 1.64. The Hall–Kier alpha value is -3.53. The van der Waals surface area contributed by atoms with E-state index >= 15 is 0 Å². The summed E-state index contributed by atoms with van der Waals surface area (Å²) in [5.41, 5.74) is 8.06. The Morgan fingerprint density at radius 3 is 2.51 bits per heavy atom. The molecule has 0 aromatic heterocycles. The molecule has 0 spiro atoms. The van der Waals surface area contributed by atoms with E-state index in [1.807, 2.05) is 25.1 Å². The zero-order valence-corrected chi connectivity index (χ0v) is 21.4. The third-order valence-corrected chi connectivity index (χ3v) is 6.01. The number of phenols is 1. The van der Waals surface area contributed by atoms with Crippen molar-refractivity contribution in [3.8, 4) is 5.75 Å². The molecule has 2 amide bonds. The van der Waals surface area contributed by atoms with Gasteiger partial charge in [-0.15, -0.1) is 0 Å². The van der Waals surface area contributed by atoms with Crippen LogP contribution in [0.1, 0.15) is 31.4 Å². The number of anilines is 3. The summed E-state index contributed by atoms with van der Waals surface area (Å²) < 4.78 is 6.69. The molecule has 3 rings (SSSR count). The summed E-state index contributed by atoms with van der Waals surface area (Å²) in [5, 5.41) is 15.9. The zero-order valence-electron chi connectivity index (χ0n) is 19.3. The van der Waals surface area contributed by atoms with Gasteiger partial charge >= 0.3 is 6.09 Å². The van der Waals surface area contributed by atoms with E-state index in [2.05, 4.69) is 33.2 Å². The summed E-state index contributed by atoms with van der Waals surface area (Å²) in [6.07, 6.45) is 3.12. The number of nitrogens with one attached hydrogen (secondary N) is 2. The Morgan fingerprint density at radius 2 is 1.77 bits per heavy atom. The first-order valence-corrected chi connectivity index (χ1v) is 12.2. The van der Waals surface area contributed by atoms with E-state index in [0.717, 1.165) is 3.57 Å². The Labute approximate surface area is 218 Å². The predicted molar refractivity (Wildman–Crippen MR) is 147 cm³/mol. The molecule has 7 nitrogen and oxygen atoms in total. The minimum absolute atomic E-state index is 0.0603. The number of rotatable bonds is 9. The Kier molecular flexibility index (Phi) is 9.54. The van der Waals surface area contributed by atoms with E-state index in [4.69, 9.17) is 10.5 Å². The van der Waals surface area contributed by atoms with Gasteiger partial charge in [-0.2, -0.15) is 0 Å². The van der Waals surface area contributed by atoms with E-state index in [1.165, 1.54) is 6.08 Å². The van der Waals surface area contributed by atoms with Crippen LogP contribution in [-0.2, 0) is 9.53 Å². The molecule has 0 unspecified atom stereocenters. The van der Waals surface area contributed by atoms with Crippen LogP contribution in [0.3, 0.4) is 0 Å². The molecule has 0 saturated carbocycles. The van der Waals surface area contributed by atoms with Crippen molar-refractivity contribution in [1.29, 1.82) is 0 Å². The molecule has 35 heavy (non-hydrogen) atoms. The maximum Gasteiger partial charge on any atom is 0.412 e. The van der Waals surface area contributed by atoms with Crippen molar-refractivity contribution in [3.05, 3.63) is 94.1 Å². The van der Waals surface area contributed by atoms with E-state index in [-0.39, 0.29) is 17.6 Å². The van der Waals surface area contributed by atoms with Gasteiger partial charge in [-0.3, -0.25) is 10.1 Å². The summed E-state index contributed by atoms with van der Waals surface area (Å²) in [4.78, 5) is 24.8. The lowest BCUT2D eigenvalue weighted by atomic mass is 9.92. The summed E-state index contributed by atoms with van der Waals surface area (Å²) in [5.74, 6) is -0.357. The molecule has 0 heterocycles. The first kappa shape index (κ1) is 26.1. The van der Waals surface area contributed by atoms with Gasteiger partial charge in [-0.1, -0.05) is 43.3 Å². The van der Waals surface area contributed by atoms with Crippen molar-refractivity contribution in [1.82, 2.24) is 0 Å². The average Bonchev–Trinajstić information content (AvgIpc) is 2.84. The molecular formula is C27H28IN3O4. The van der Waals surface area contributed by atoms with Gasteiger partial charge in [-0.25, -0.2) is 4.79 Å². The lowest BCUT2D eigenvalue weighted by Crippen LogP contribution is -2.22. The van der Waals surface area contributed by atoms with E-state index < -0.39 is 12.2 Å². The van der Waals surface area contributed by atoms with Crippen LogP contribution in [0, 0.1) is 9.49 Å². The molecule has 0 radical (unpaired) electrons. The molecule has 0 fully saturated rings. The van der Waals surface area contributed by atoms with Crippen molar-refractivity contribution in [2.24, 2.45) is 5.92 Å². The molecular weight excluding hydrogens is 557 g/mol. The van der Waals surface area contributed by atoms with Crippen molar-refractivity contribution >= 4 is 51.7 Å². The molecule has 2 atom stereocenters. The fraction of sp³-hybridized carbons (Fsp3) is 0.185. The van der Waals surface area contributed by atoms with Gasteiger partial charge in [0.2, 0.25) is 5.91 Å². The Morgan fingerprint density at radius 1 is 1.06 bits per heavy atom. The van der Waals surface area contributed by atoms with Crippen LogP contribution >= 0.6 is 22.6 Å². The number of nitrogen functional groups attached to an aromatic ring is 1. The first-order chi connectivity index (χ1) is 16.8. The second kappa shape index (κ2) is 12.8. The van der Waals surface area contributed by atoms with Crippen LogP contribution in [0.4, 0.5) is 21.9 Å². The number of allylic oxidation sites excluding steroid dienone is 1. The number of aromatic hydroxyl groups is 1. The quantitative estimate of drug-likeness (QED) is 0.130. The van der Waals surface area contributed by atoms with Gasteiger partial charge in [-0.05, 0) is 89.9 Å². The molecule has 3 aromatic carbocycles. The van der Waals surface area contributed by atoms with Crippen molar-refractivity contribution < 1.29 is 19.4 Å². The van der Waals surface area contributed by atoms with Gasteiger partial charge in [0.25, 0.3) is 0 Å². The van der Waals surface area contributed by atoms with Crippen LogP contribution in [0.15, 0.2) is 84.9 Å². The smallest absolute Gasteiger partial charge is 0.412 e. The van der Waals surface area contributed by atoms with Crippen LogP contribution in [0.25, 0.3) is 0 Å². The third-order valence-electron chi connectivity index (χ3n) is 5.34.